The van der Waals surface area contributed by atoms with Crippen LogP contribution >= 0.6 is 0 Å². The van der Waals surface area contributed by atoms with Crippen LogP contribution in [0.4, 0.5) is 0 Å². The van der Waals surface area contributed by atoms with Gasteiger partial charge in [0.15, 0.2) is 0 Å². The number of fused-ring (bicyclic) bond motifs is 1. The quantitative estimate of drug-likeness (QED) is 0.898. The van der Waals surface area contributed by atoms with Crippen LogP contribution in [0.5, 0.6) is 0 Å². The standard InChI is InChI=1S/C17H24O2/c18-17(11-10-14-7-4-12-19-14)16-9-3-6-13-5-1-2-8-15(13)16/h1-2,5,8,14,16-18H,3-4,6-7,9-12H2. The molecule has 2 aliphatic rings. The van der Waals surface area contributed by atoms with Crippen molar-refractivity contribution >= 4 is 0 Å². The molecule has 1 aliphatic heterocycles. The molecule has 1 aromatic carbocycles. The van der Waals surface area contributed by atoms with Gasteiger partial charge in [0.05, 0.1) is 12.2 Å². The third kappa shape index (κ3) is 3.01. The smallest absolute Gasteiger partial charge is 0.0609 e. The molecule has 3 unspecified atom stereocenters. The highest BCUT2D eigenvalue weighted by Crippen LogP contribution is 2.35. The van der Waals surface area contributed by atoms with Crippen LogP contribution in [0.2, 0.25) is 0 Å². The summed E-state index contributed by atoms with van der Waals surface area (Å²) in [5.74, 6) is 0.339. The maximum atomic E-state index is 10.5. The molecular weight excluding hydrogens is 236 g/mol. The maximum absolute atomic E-state index is 10.5. The monoisotopic (exact) mass is 260 g/mol. The highest BCUT2D eigenvalue weighted by molar-refractivity contribution is 5.33. The Labute approximate surface area is 115 Å². The minimum atomic E-state index is -0.203. The van der Waals surface area contributed by atoms with Crippen LogP contribution in [0.15, 0.2) is 24.3 Å². The van der Waals surface area contributed by atoms with E-state index in [2.05, 4.69) is 24.3 Å². The van der Waals surface area contributed by atoms with Crippen molar-refractivity contribution in [3.63, 3.8) is 0 Å². The predicted octanol–water partition coefficient (Wildman–Crippen LogP) is 3.43. The Kier molecular flexibility index (Phi) is 4.19. The van der Waals surface area contributed by atoms with Crippen molar-refractivity contribution in [1.29, 1.82) is 0 Å². The van der Waals surface area contributed by atoms with Gasteiger partial charge >= 0.3 is 0 Å². The van der Waals surface area contributed by atoms with Gasteiger partial charge in [0.25, 0.3) is 0 Å². The molecule has 1 aromatic rings. The molecule has 1 fully saturated rings. The van der Waals surface area contributed by atoms with Crippen LogP contribution in [0.25, 0.3) is 0 Å². The number of hydrogen-bond donors (Lipinski definition) is 1. The number of rotatable bonds is 4. The van der Waals surface area contributed by atoms with Crippen molar-refractivity contribution in [2.75, 3.05) is 6.61 Å². The lowest BCUT2D eigenvalue weighted by Crippen LogP contribution is -2.24. The van der Waals surface area contributed by atoms with E-state index in [4.69, 9.17) is 4.74 Å². The van der Waals surface area contributed by atoms with Crippen LogP contribution in [0.3, 0.4) is 0 Å². The summed E-state index contributed by atoms with van der Waals surface area (Å²) in [6.45, 7) is 0.910. The summed E-state index contributed by atoms with van der Waals surface area (Å²) in [6, 6.07) is 8.63. The molecule has 1 saturated heterocycles. The molecule has 0 amide bonds. The van der Waals surface area contributed by atoms with Crippen molar-refractivity contribution in [2.45, 2.75) is 63.1 Å². The number of aliphatic hydroxyl groups is 1. The van der Waals surface area contributed by atoms with Crippen molar-refractivity contribution in [3.8, 4) is 0 Å². The van der Waals surface area contributed by atoms with Crippen LogP contribution in [0, 0.1) is 0 Å². The Morgan fingerprint density at radius 3 is 2.95 bits per heavy atom. The molecule has 19 heavy (non-hydrogen) atoms. The average Bonchev–Trinajstić information content (AvgIpc) is 2.97. The van der Waals surface area contributed by atoms with Gasteiger partial charge < -0.3 is 9.84 Å². The molecule has 2 nitrogen and oxygen atoms in total. The summed E-state index contributed by atoms with van der Waals surface area (Å²) < 4.78 is 5.65. The second kappa shape index (κ2) is 6.06. The summed E-state index contributed by atoms with van der Waals surface area (Å²) >= 11 is 0. The van der Waals surface area contributed by atoms with E-state index in [1.54, 1.807) is 0 Å². The molecule has 104 valence electrons. The Morgan fingerprint density at radius 1 is 1.21 bits per heavy atom. The Bertz CT molecular complexity index is 409. The Balaban J connectivity index is 1.62. The highest BCUT2D eigenvalue weighted by Gasteiger charge is 2.27. The van der Waals surface area contributed by atoms with Crippen LogP contribution in [0.1, 0.15) is 55.6 Å². The molecule has 3 rings (SSSR count). The van der Waals surface area contributed by atoms with Crippen molar-refractivity contribution in [2.24, 2.45) is 0 Å². The average molecular weight is 260 g/mol. The predicted molar refractivity (Wildman–Crippen MR) is 76.3 cm³/mol. The van der Waals surface area contributed by atoms with Gasteiger partial charge in [-0.2, -0.15) is 0 Å². The van der Waals surface area contributed by atoms with Gasteiger partial charge in [0.1, 0.15) is 0 Å². The molecule has 0 bridgehead atoms. The number of hydrogen-bond acceptors (Lipinski definition) is 2. The number of ether oxygens (including phenoxy) is 1. The fourth-order valence-corrected chi connectivity index (χ4v) is 3.62. The van der Waals surface area contributed by atoms with Gasteiger partial charge in [0.2, 0.25) is 0 Å². The van der Waals surface area contributed by atoms with Gasteiger partial charge in [-0.1, -0.05) is 24.3 Å². The molecule has 0 spiro atoms. The van der Waals surface area contributed by atoms with Crippen molar-refractivity contribution in [3.05, 3.63) is 35.4 Å². The molecule has 1 aliphatic carbocycles. The van der Waals surface area contributed by atoms with Gasteiger partial charge in [0, 0.05) is 12.5 Å². The second-order valence-electron chi connectivity index (χ2n) is 5.98. The summed E-state index contributed by atoms with van der Waals surface area (Å²) in [6.07, 6.45) is 7.96. The van der Waals surface area contributed by atoms with E-state index in [1.807, 2.05) is 0 Å². The van der Waals surface area contributed by atoms with E-state index < -0.39 is 0 Å². The highest BCUT2D eigenvalue weighted by atomic mass is 16.5. The first kappa shape index (κ1) is 13.1. The zero-order valence-corrected chi connectivity index (χ0v) is 11.6. The van der Waals surface area contributed by atoms with Gasteiger partial charge in [-0.25, -0.2) is 0 Å². The van der Waals surface area contributed by atoms with E-state index >= 15 is 0 Å². The minimum Gasteiger partial charge on any atom is -0.392 e. The topological polar surface area (TPSA) is 29.5 Å². The fourth-order valence-electron chi connectivity index (χ4n) is 3.62. The second-order valence-corrected chi connectivity index (χ2v) is 5.98. The third-order valence-corrected chi connectivity index (χ3v) is 4.69. The lowest BCUT2D eigenvalue weighted by molar-refractivity contribution is 0.0703. The summed E-state index contributed by atoms with van der Waals surface area (Å²) in [5.41, 5.74) is 2.82. The molecule has 1 N–H and O–H groups in total. The lowest BCUT2D eigenvalue weighted by atomic mass is 9.78. The van der Waals surface area contributed by atoms with Gasteiger partial charge in [-0.05, 0) is 56.1 Å². The first-order valence-electron chi connectivity index (χ1n) is 7.72. The Morgan fingerprint density at radius 2 is 2.11 bits per heavy atom. The third-order valence-electron chi connectivity index (χ3n) is 4.69. The molecule has 2 heteroatoms. The zero-order valence-electron chi connectivity index (χ0n) is 11.6. The summed E-state index contributed by atoms with van der Waals surface area (Å²) in [7, 11) is 0. The van der Waals surface area contributed by atoms with Crippen molar-refractivity contribution < 1.29 is 9.84 Å². The fraction of sp³-hybridized carbons (Fsp3) is 0.647. The van der Waals surface area contributed by atoms with E-state index in [-0.39, 0.29) is 6.10 Å². The van der Waals surface area contributed by atoms with E-state index in [1.165, 1.54) is 36.8 Å². The van der Waals surface area contributed by atoms with E-state index in [9.17, 15) is 5.11 Å². The lowest BCUT2D eigenvalue weighted by Gasteiger charge is -2.30. The number of aliphatic hydroxyl groups excluding tert-OH is 1. The van der Waals surface area contributed by atoms with Crippen LogP contribution < -0.4 is 0 Å². The molecule has 0 saturated carbocycles. The van der Waals surface area contributed by atoms with Crippen LogP contribution in [-0.4, -0.2) is 23.9 Å². The minimum absolute atomic E-state index is 0.203. The van der Waals surface area contributed by atoms with Crippen LogP contribution in [-0.2, 0) is 11.2 Å². The van der Waals surface area contributed by atoms with Gasteiger partial charge in [-0.15, -0.1) is 0 Å². The zero-order chi connectivity index (χ0) is 13.1. The summed E-state index contributed by atoms with van der Waals surface area (Å²) in [4.78, 5) is 0. The Hall–Kier alpha value is -0.860. The summed E-state index contributed by atoms with van der Waals surface area (Å²) in [5, 5.41) is 10.5. The first-order valence-corrected chi connectivity index (χ1v) is 7.72. The molecular formula is C17H24O2. The van der Waals surface area contributed by atoms with E-state index in [0.717, 1.165) is 25.9 Å². The number of benzene rings is 1. The van der Waals surface area contributed by atoms with Crippen molar-refractivity contribution in [1.82, 2.24) is 0 Å². The SMILES string of the molecule is OC(CCC1CCCO1)C1CCCc2ccccc21. The molecule has 3 atom stereocenters. The normalized spacial score (nSPS) is 28.1. The first-order chi connectivity index (χ1) is 9.34. The molecule has 0 radical (unpaired) electrons. The number of aryl methyl sites for hydroxylation is 1. The maximum Gasteiger partial charge on any atom is 0.0609 e. The van der Waals surface area contributed by atoms with E-state index in [0.29, 0.717) is 12.0 Å². The molecule has 0 aromatic heterocycles. The van der Waals surface area contributed by atoms with Gasteiger partial charge in [-0.3, -0.25) is 0 Å². The molecule has 1 heterocycles. The largest absolute Gasteiger partial charge is 0.392 e.